The molecule has 9 heteroatoms. The number of amides is 1. The van der Waals surface area contributed by atoms with Crippen molar-refractivity contribution in [1.82, 2.24) is 14.9 Å². The smallest absolute Gasteiger partial charge is 0.262 e. The van der Waals surface area contributed by atoms with E-state index >= 15 is 0 Å². The lowest BCUT2D eigenvalue weighted by Crippen LogP contribution is -2.29. The first-order valence-electron chi connectivity index (χ1n) is 9.19. The maximum absolute atomic E-state index is 13.1. The summed E-state index contributed by atoms with van der Waals surface area (Å²) in [4.78, 5) is 31.2. The van der Waals surface area contributed by atoms with E-state index in [1.54, 1.807) is 47.9 Å². The first-order chi connectivity index (χ1) is 14.5. The Morgan fingerprint density at radius 3 is 2.93 bits per heavy atom. The van der Waals surface area contributed by atoms with E-state index in [-0.39, 0.29) is 29.8 Å². The van der Waals surface area contributed by atoms with Gasteiger partial charge in [-0.3, -0.25) is 14.2 Å². The zero-order valence-electron chi connectivity index (χ0n) is 16.0. The van der Waals surface area contributed by atoms with Crippen LogP contribution in [0.3, 0.4) is 0 Å². The van der Waals surface area contributed by atoms with E-state index in [9.17, 15) is 9.59 Å². The second-order valence-electron chi connectivity index (χ2n) is 6.62. The van der Waals surface area contributed by atoms with Crippen molar-refractivity contribution in [2.75, 3.05) is 5.75 Å². The number of carbonyl (C=O) groups excluding carboxylic acids is 1. The molecule has 0 aliphatic rings. The summed E-state index contributed by atoms with van der Waals surface area (Å²) in [7, 11) is 0. The van der Waals surface area contributed by atoms with E-state index in [1.165, 1.54) is 16.3 Å². The second-order valence-corrected chi connectivity index (χ2v) is 8.98. The molecule has 0 spiro atoms. The Morgan fingerprint density at radius 2 is 2.20 bits per heavy atom. The summed E-state index contributed by atoms with van der Waals surface area (Å²) in [5.74, 6) is 0.627. The number of nitrogens with zero attached hydrogens (tertiary/aromatic N) is 2. The van der Waals surface area contributed by atoms with Crippen molar-refractivity contribution >= 4 is 51.5 Å². The molecule has 6 nitrogen and oxygen atoms in total. The van der Waals surface area contributed by atoms with Gasteiger partial charge in [0.05, 0.1) is 35.5 Å². The topological polar surface area (TPSA) is 77.1 Å². The minimum absolute atomic E-state index is 0.0771. The molecule has 0 bridgehead atoms. The molecule has 3 aromatic heterocycles. The summed E-state index contributed by atoms with van der Waals surface area (Å²) in [5, 5.41) is 6.35. The zero-order chi connectivity index (χ0) is 21.1. The molecule has 0 aliphatic heterocycles. The molecule has 1 N–H and O–H groups in total. The SMILES string of the molecule is CC(NC(=O)CSc1nc2cc(Cl)ccc2c(=O)n1Cc1ccco1)c1cccs1. The third-order valence-electron chi connectivity index (χ3n) is 4.46. The van der Waals surface area contributed by atoms with Gasteiger partial charge in [-0.15, -0.1) is 11.3 Å². The van der Waals surface area contributed by atoms with Crippen LogP contribution in [0, 0.1) is 0 Å². The van der Waals surface area contributed by atoms with Crippen molar-refractivity contribution in [1.29, 1.82) is 0 Å². The van der Waals surface area contributed by atoms with Crippen LogP contribution in [0.5, 0.6) is 0 Å². The van der Waals surface area contributed by atoms with E-state index in [0.29, 0.717) is 26.8 Å². The number of aromatic nitrogens is 2. The Hall–Kier alpha value is -2.55. The van der Waals surface area contributed by atoms with Gasteiger partial charge in [-0.25, -0.2) is 4.98 Å². The summed E-state index contributed by atoms with van der Waals surface area (Å²) in [6.07, 6.45) is 1.56. The molecule has 1 amide bonds. The summed E-state index contributed by atoms with van der Waals surface area (Å²) >= 11 is 8.88. The van der Waals surface area contributed by atoms with Gasteiger partial charge >= 0.3 is 0 Å². The molecule has 1 atom stereocenters. The van der Waals surface area contributed by atoms with Gasteiger partial charge in [0.1, 0.15) is 5.76 Å². The molecule has 0 radical (unpaired) electrons. The molecule has 154 valence electrons. The van der Waals surface area contributed by atoms with Crippen molar-refractivity contribution in [2.45, 2.75) is 24.7 Å². The quantitative estimate of drug-likeness (QED) is 0.319. The van der Waals surface area contributed by atoms with E-state index < -0.39 is 0 Å². The number of benzene rings is 1. The van der Waals surface area contributed by atoms with Gasteiger partial charge in [-0.1, -0.05) is 29.4 Å². The maximum atomic E-state index is 13.1. The highest BCUT2D eigenvalue weighted by Crippen LogP contribution is 2.22. The van der Waals surface area contributed by atoms with Crippen LogP contribution < -0.4 is 10.9 Å². The average Bonchev–Trinajstić information content (AvgIpc) is 3.42. The fourth-order valence-corrected chi connectivity index (χ4v) is 4.71. The molecule has 0 aliphatic carbocycles. The van der Waals surface area contributed by atoms with Crippen LogP contribution in [0.4, 0.5) is 0 Å². The third-order valence-corrected chi connectivity index (χ3v) is 6.72. The number of hydrogen-bond acceptors (Lipinski definition) is 6. The van der Waals surface area contributed by atoms with Crippen LogP contribution in [-0.4, -0.2) is 21.2 Å². The van der Waals surface area contributed by atoms with E-state index in [4.69, 9.17) is 16.0 Å². The molecule has 3 heterocycles. The van der Waals surface area contributed by atoms with Crippen LogP contribution in [-0.2, 0) is 11.3 Å². The number of rotatable bonds is 7. The molecule has 1 unspecified atom stereocenters. The van der Waals surface area contributed by atoms with E-state index in [2.05, 4.69) is 10.3 Å². The minimum Gasteiger partial charge on any atom is -0.467 e. The molecule has 30 heavy (non-hydrogen) atoms. The van der Waals surface area contributed by atoms with Gasteiger partial charge < -0.3 is 9.73 Å². The molecule has 4 rings (SSSR count). The minimum atomic E-state index is -0.206. The first kappa shape index (κ1) is 20.7. The molecule has 0 saturated heterocycles. The zero-order valence-corrected chi connectivity index (χ0v) is 18.4. The summed E-state index contributed by atoms with van der Waals surface area (Å²) in [5.41, 5.74) is 0.293. The summed E-state index contributed by atoms with van der Waals surface area (Å²) in [6.45, 7) is 2.17. The van der Waals surface area contributed by atoms with Gasteiger partial charge in [-0.05, 0) is 48.7 Å². The molecular formula is C21H18ClN3O3S2. The predicted octanol–water partition coefficient (Wildman–Crippen LogP) is 4.72. The third kappa shape index (κ3) is 4.61. The van der Waals surface area contributed by atoms with Gasteiger partial charge in [0, 0.05) is 9.90 Å². The fraction of sp³-hybridized carbons (Fsp3) is 0.190. The van der Waals surface area contributed by atoms with Gasteiger partial charge in [0.25, 0.3) is 5.56 Å². The largest absolute Gasteiger partial charge is 0.467 e. The van der Waals surface area contributed by atoms with Crippen molar-refractivity contribution in [3.8, 4) is 0 Å². The Bertz CT molecular complexity index is 1220. The lowest BCUT2D eigenvalue weighted by Gasteiger charge is -2.14. The summed E-state index contributed by atoms with van der Waals surface area (Å²) < 4.78 is 6.93. The molecule has 4 aromatic rings. The number of nitrogens with one attached hydrogen (secondary N) is 1. The Kier molecular flexibility index (Phi) is 6.26. The number of hydrogen-bond donors (Lipinski definition) is 1. The number of furan rings is 1. The fourth-order valence-electron chi connectivity index (χ4n) is 3.00. The lowest BCUT2D eigenvalue weighted by molar-refractivity contribution is -0.119. The summed E-state index contributed by atoms with van der Waals surface area (Å²) in [6, 6.07) is 12.4. The molecule has 0 saturated carbocycles. The average molecular weight is 460 g/mol. The number of thioether (sulfide) groups is 1. The van der Waals surface area contributed by atoms with Crippen molar-refractivity contribution < 1.29 is 9.21 Å². The van der Waals surface area contributed by atoms with Crippen LogP contribution in [0.15, 0.2) is 68.5 Å². The number of thiophene rings is 1. The Balaban J connectivity index is 1.59. The van der Waals surface area contributed by atoms with Gasteiger partial charge in [-0.2, -0.15) is 0 Å². The first-order valence-corrected chi connectivity index (χ1v) is 11.4. The van der Waals surface area contributed by atoms with E-state index in [0.717, 1.165) is 4.88 Å². The van der Waals surface area contributed by atoms with Crippen molar-refractivity contribution in [3.05, 3.63) is 80.1 Å². The van der Waals surface area contributed by atoms with E-state index in [1.807, 2.05) is 24.4 Å². The maximum Gasteiger partial charge on any atom is 0.262 e. The van der Waals surface area contributed by atoms with Crippen molar-refractivity contribution in [3.63, 3.8) is 0 Å². The van der Waals surface area contributed by atoms with Crippen LogP contribution in [0.25, 0.3) is 10.9 Å². The van der Waals surface area contributed by atoms with Crippen LogP contribution >= 0.6 is 34.7 Å². The number of fused-ring (bicyclic) bond motifs is 1. The number of halogens is 1. The van der Waals surface area contributed by atoms with Gasteiger partial charge in [0.2, 0.25) is 5.91 Å². The van der Waals surface area contributed by atoms with Crippen LogP contribution in [0.1, 0.15) is 23.6 Å². The highest BCUT2D eigenvalue weighted by atomic mass is 35.5. The van der Waals surface area contributed by atoms with Crippen LogP contribution in [0.2, 0.25) is 5.02 Å². The molecular weight excluding hydrogens is 442 g/mol. The highest BCUT2D eigenvalue weighted by Gasteiger charge is 2.16. The van der Waals surface area contributed by atoms with Gasteiger partial charge in [0.15, 0.2) is 5.16 Å². The molecule has 1 aromatic carbocycles. The molecule has 0 fully saturated rings. The normalized spacial score (nSPS) is 12.2. The number of carbonyl (C=O) groups is 1. The lowest BCUT2D eigenvalue weighted by atomic mass is 10.2. The second kappa shape index (κ2) is 9.07. The Morgan fingerprint density at radius 1 is 1.33 bits per heavy atom. The predicted molar refractivity (Wildman–Crippen MR) is 120 cm³/mol. The highest BCUT2D eigenvalue weighted by molar-refractivity contribution is 7.99. The monoisotopic (exact) mass is 459 g/mol. The van der Waals surface area contributed by atoms with Crippen molar-refractivity contribution in [2.24, 2.45) is 0 Å². The standard InChI is InChI=1S/C21H18ClN3O3S2/c1-13(18-5-3-9-29-18)23-19(26)12-30-21-24-17-10-14(22)6-7-16(17)20(27)25(21)11-15-4-2-8-28-15/h2-10,13H,11-12H2,1H3,(H,23,26). The Labute approximate surface area is 185 Å².